The number of halogens is 4. The van der Waals surface area contributed by atoms with Crippen LogP contribution in [0.4, 0.5) is 18.9 Å². The summed E-state index contributed by atoms with van der Waals surface area (Å²) >= 11 is 5.75. The molecule has 0 atom stereocenters. The largest absolute Gasteiger partial charge is 0.346 e. The van der Waals surface area contributed by atoms with E-state index >= 15 is 0 Å². The summed E-state index contributed by atoms with van der Waals surface area (Å²) in [5, 5.41) is 4.98. The van der Waals surface area contributed by atoms with E-state index in [0.29, 0.717) is 11.3 Å². The molecule has 1 aromatic heterocycles. The molecule has 1 aliphatic carbocycles. The Hall–Kier alpha value is -2.81. The summed E-state index contributed by atoms with van der Waals surface area (Å²) in [7, 11) is 1.55. The molecule has 0 bridgehead atoms. The minimum atomic E-state index is -2.74. The lowest BCUT2D eigenvalue weighted by Crippen LogP contribution is -2.43. The Labute approximate surface area is 188 Å². The lowest BCUT2D eigenvalue weighted by molar-refractivity contribution is -0.118. The van der Waals surface area contributed by atoms with Crippen molar-refractivity contribution in [3.63, 3.8) is 0 Å². The Morgan fingerprint density at radius 3 is 2.38 bits per heavy atom. The molecule has 172 valence electrons. The number of aromatic nitrogens is 1. The molecule has 0 spiro atoms. The van der Waals surface area contributed by atoms with E-state index in [4.69, 9.17) is 11.6 Å². The second-order valence-corrected chi connectivity index (χ2v) is 8.42. The van der Waals surface area contributed by atoms with Crippen molar-refractivity contribution in [2.45, 2.75) is 51.5 Å². The number of amides is 2. The highest BCUT2D eigenvalue weighted by atomic mass is 35.5. The monoisotopic (exact) mass is 469 g/mol. The van der Waals surface area contributed by atoms with Gasteiger partial charge in [0, 0.05) is 37.3 Å². The molecule has 0 unspecified atom stereocenters. The Balaban J connectivity index is 1.78. The minimum Gasteiger partial charge on any atom is -0.346 e. The summed E-state index contributed by atoms with van der Waals surface area (Å²) in [5.41, 5.74) is 1.24. The summed E-state index contributed by atoms with van der Waals surface area (Å²) in [6.07, 6.45) is -0.506. The number of carbonyl (C=O) groups excluding carboxylic acids is 3. The molecule has 1 aromatic carbocycles. The molecule has 2 amide bonds. The van der Waals surface area contributed by atoms with Gasteiger partial charge in [-0.05, 0) is 50.5 Å². The van der Waals surface area contributed by atoms with Gasteiger partial charge in [0.05, 0.1) is 16.3 Å². The third kappa shape index (κ3) is 4.82. The molecule has 2 aromatic rings. The second-order valence-electron chi connectivity index (χ2n) is 8.01. The fourth-order valence-corrected chi connectivity index (χ4v) is 4.12. The molecule has 0 saturated heterocycles. The summed E-state index contributed by atoms with van der Waals surface area (Å²) < 4.78 is 41.4. The predicted octanol–water partition coefficient (Wildman–Crippen LogP) is 4.56. The average molecular weight is 470 g/mol. The maximum absolute atomic E-state index is 13.4. The third-order valence-corrected chi connectivity index (χ3v) is 6.10. The SMILES string of the molecule is Cc1c(C(=O)Nc2ccc(F)c(Cl)c2)c(C)n(C)c1C(=O)C(=O)NC1CCC(F)(F)CC1. The number of rotatable bonds is 5. The molecular formula is C22H23ClF3N3O3. The van der Waals surface area contributed by atoms with Crippen molar-refractivity contribution in [2.75, 3.05) is 5.32 Å². The average Bonchev–Trinajstić information content (AvgIpc) is 2.94. The van der Waals surface area contributed by atoms with Crippen LogP contribution in [-0.2, 0) is 11.8 Å². The first-order valence-electron chi connectivity index (χ1n) is 10.1. The van der Waals surface area contributed by atoms with Gasteiger partial charge >= 0.3 is 0 Å². The molecule has 32 heavy (non-hydrogen) atoms. The molecule has 0 radical (unpaired) electrons. The van der Waals surface area contributed by atoms with E-state index in [0.717, 1.165) is 6.07 Å². The normalized spacial score (nSPS) is 16.0. The third-order valence-electron chi connectivity index (χ3n) is 5.81. The van der Waals surface area contributed by atoms with Crippen molar-refractivity contribution in [1.82, 2.24) is 9.88 Å². The van der Waals surface area contributed by atoms with Crippen LogP contribution in [0.5, 0.6) is 0 Å². The number of nitrogens with one attached hydrogen (secondary N) is 2. The number of Topliss-reactive ketones (excluding diaryl/α,β-unsaturated/α-hetero) is 1. The van der Waals surface area contributed by atoms with Gasteiger partial charge in [0.1, 0.15) is 5.82 Å². The van der Waals surface area contributed by atoms with Crippen LogP contribution in [0.15, 0.2) is 18.2 Å². The fraction of sp³-hybridized carbons (Fsp3) is 0.409. The molecule has 2 N–H and O–H groups in total. The zero-order chi connectivity index (χ0) is 23.8. The van der Waals surface area contributed by atoms with Crippen LogP contribution >= 0.6 is 11.6 Å². The van der Waals surface area contributed by atoms with Crippen LogP contribution < -0.4 is 10.6 Å². The molecule has 1 aliphatic rings. The maximum Gasteiger partial charge on any atom is 0.294 e. The van der Waals surface area contributed by atoms with Gasteiger partial charge in [-0.3, -0.25) is 14.4 Å². The van der Waals surface area contributed by atoms with Gasteiger partial charge in [-0.15, -0.1) is 0 Å². The van der Waals surface area contributed by atoms with E-state index in [9.17, 15) is 27.6 Å². The van der Waals surface area contributed by atoms with Crippen LogP contribution in [0, 0.1) is 19.7 Å². The van der Waals surface area contributed by atoms with Gasteiger partial charge in [0.2, 0.25) is 5.92 Å². The van der Waals surface area contributed by atoms with Gasteiger partial charge < -0.3 is 15.2 Å². The quantitative estimate of drug-likeness (QED) is 0.497. The molecule has 1 heterocycles. The van der Waals surface area contributed by atoms with Crippen LogP contribution in [-0.4, -0.2) is 34.1 Å². The molecule has 1 fully saturated rings. The van der Waals surface area contributed by atoms with Gasteiger partial charge in [-0.25, -0.2) is 13.2 Å². The van der Waals surface area contributed by atoms with Gasteiger partial charge in [-0.2, -0.15) is 0 Å². The summed E-state index contributed by atoms with van der Waals surface area (Å²) in [4.78, 5) is 38.2. The zero-order valence-corrected chi connectivity index (χ0v) is 18.6. The predicted molar refractivity (Wildman–Crippen MR) is 114 cm³/mol. The van der Waals surface area contributed by atoms with E-state index in [-0.39, 0.29) is 47.7 Å². The fourth-order valence-electron chi connectivity index (χ4n) is 3.94. The number of carbonyl (C=O) groups is 3. The van der Waals surface area contributed by atoms with E-state index in [1.165, 1.54) is 16.7 Å². The van der Waals surface area contributed by atoms with E-state index in [1.807, 2.05) is 0 Å². The lowest BCUT2D eigenvalue weighted by Gasteiger charge is -2.28. The smallest absolute Gasteiger partial charge is 0.294 e. The number of hydrogen-bond acceptors (Lipinski definition) is 3. The van der Waals surface area contributed by atoms with Crippen LogP contribution in [0.1, 0.15) is 57.8 Å². The minimum absolute atomic E-state index is 0.0310. The topological polar surface area (TPSA) is 80.2 Å². The van der Waals surface area contributed by atoms with Crippen molar-refractivity contribution in [3.05, 3.63) is 51.6 Å². The number of ketones is 1. The Kier molecular flexibility index (Phi) is 6.69. The first-order valence-corrected chi connectivity index (χ1v) is 10.4. The first-order chi connectivity index (χ1) is 14.9. The number of benzene rings is 1. The highest BCUT2D eigenvalue weighted by molar-refractivity contribution is 6.43. The summed E-state index contributed by atoms with van der Waals surface area (Å²) in [5.74, 6) is -5.67. The zero-order valence-electron chi connectivity index (χ0n) is 17.8. The molecule has 1 saturated carbocycles. The standard InChI is InChI=1S/C22H23ClF3N3O3/c1-11-17(20(31)28-14-4-5-16(24)15(23)10-14)12(2)29(3)18(11)19(30)21(32)27-13-6-8-22(25,26)9-7-13/h4-5,10,13H,6-9H2,1-3H3,(H,27,32)(H,28,31). The van der Waals surface area contributed by atoms with Gasteiger partial charge in [0.15, 0.2) is 0 Å². The van der Waals surface area contributed by atoms with Crippen molar-refractivity contribution in [3.8, 4) is 0 Å². The van der Waals surface area contributed by atoms with E-state index < -0.39 is 35.4 Å². The van der Waals surface area contributed by atoms with Gasteiger partial charge in [0.25, 0.3) is 17.6 Å². The molecule has 6 nitrogen and oxygen atoms in total. The van der Waals surface area contributed by atoms with Crippen LogP contribution in [0.3, 0.4) is 0 Å². The first kappa shape index (κ1) is 23.8. The van der Waals surface area contributed by atoms with Crippen molar-refractivity contribution in [1.29, 1.82) is 0 Å². The molecule has 10 heteroatoms. The van der Waals surface area contributed by atoms with Crippen molar-refractivity contribution < 1.29 is 27.6 Å². The Morgan fingerprint density at radius 1 is 1.16 bits per heavy atom. The van der Waals surface area contributed by atoms with E-state index in [1.54, 1.807) is 20.9 Å². The summed E-state index contributed by atoms with van der Waals surface area (Å²) in [6, 6.07) is 3.22. The lowest BCUT2D eigenvalue weighted by atomic mass is 9.92. The number of hydrogen-bond donors (Lipinski definition) is 2. The van der Waals surface area contributed by atoms with E-state index in [2.05, 4.69) is 10.6 Å². The van der Waals surface area contributed by atoms with Gasteiger partial charge in [-0.1, -0.05) is 11.6 Å². The number of nitrogens with zero attached hydrogens (tertiary/aromatic N) is 1. The Morgan fingerprint density at radius 2 is 1.78 bits per heavy atom. The molecule has 3 rings (SSSR count). The highest BCUT2D eigenvalue weighted by Gasteiger charge is 2.36. The number of anilines is 1. The highest BCUT2D eigenvalue weighted by Crippen LogP contribution is 2.33. The van der Waals surface area contributed by atoms with Crippen LogP contribution in [0.2, 0.25) is 5.02 Å². The number of alkyl halides is 2. The molecular weight excluding hydrogens is 447 g/mol. The Bertz CT molecular complexity index is 1090. The maximum atomic E-state index is 13.4. The second kappa shape index (κ2) is 8.97. The van der Waals surface area contributed by atoms with Crippen LogP contribution in [0.25, 0.3) is 0 Å². The molecule has 0 aliphatic heterocycles. The summed E-state index contributed by atoms with van der Waals surface area (Å²) in [6.45, 7) is 3.17. The van der Waals surface area contributed by atoms with Crippen molar-refractivity contribution in [2.24, 2.45) is 7.05 Å². The van der Waals surface area contributed by atoms with Crippen molar-refractivity contribution >= 4 is 34.9 Å².